The second kappa shape index (κ2) is 11.9. The van der Waals surface area contributed by atoms with Crippen molar-refractivity contribution in [1.29, 1.82) is 0 Å². The number of piperidine rings is 2. The molecule has 3 heterocycles. The summed E-state index contributed by atoms with van der Waals surface area (Å²) in [5.41, 5.74) is 2.15. The fourth-order valence-corrected chi connectivity index (χ4v) is 4.98. The van der Waals surface area contributed by atoms with E-state index in [2.05, 4.69) is 20.5 Å². The van der Waals surface area contributed by atoms with Gasteiger partial charge in [-0.3, -0.25) is 14.7 Å². The first kappa shape index (κ1) is 24.8. The minimum atomic E-state index is -0.211. The molecule has 2 fully saturated rings. The Morgan fingerprint density at radius 1 is 0.912 bits per heavy atom. The molecule has 182 valence electrons. The molecule has 1 aromatic heterocycles. The normalized spacial score (nSPS) is 18.0. The summed E-state index contributed by atoms with van der Waals surface area (Å²) in [4.78, 5) is 33.8. The van der Waals surface area contributed by atoms with Crippen molar-refractivity contribution in [3.8, 4) is 0 Å². The molecule has 0 bridgehead atoms. The summed E-state index contributed by atoms with van der Waals surface area (Å²) in [5.74, 6) is 0.374. The summed E-state index contributed by atoms with van der Waals surface area (Å²) in [7, 11) is 0. The number of pyridine rings is 1. The minimum absolute atomic E-state index is 0.0695. The zero-order valence-electron chi connectivity index (χ0n) is 19.2. The highest BCUT2D eigenvalue weighted by Gasteiger charge is 2.31. The molecule has 2 saturated heterocycles. The number of hydrogen-bond acceptors (Lipinski definition) is 4. The number of carbonyl (C=O) groups excluding carboxylic acids is 2. The Balaban J connectivity index is 1.15. The average molecular weight is 504 g/mol. The molecule has 0 radical (unpaired) electrons. The lowest BCUT2D eigenvalue weighted by Gasteiger charge is -2.37. The molecule has 0 unspecified atom stereocenters. The third-order valence-electron chi connectivity index (χ3n) is 6.67. The Hall–Kier alpha value is -2.35. The Morgan fingerprint density at radius 3 is 2.29 bits per heavy atom. The minimum Gasteiger partial charge on any atom is -0.342 e. The molecular weight excluding hydrogens is 473 g/mol. The number of urea groups is 1. The van der Waals surface area contributed by atoms with E-state index in [1.165, 1.54) is 5.56 Å². The highest BCUT2D eigenvalue weighted by molar-refractivity contribution is 6.42. The van der Waals surface area contributed by atoms with E-state index in [0.717, 1.165) is 50.9 Å². The number of likely N-dealkylation sites (tertiary alicyclic amines) is 2. The average Bonchev–Trinajstić information content (AvgIpc) is 2.86. The maximum atomic E-state index is 13.0. The summed E-state index contributed by atoms with van der Waals surface area (Å²) in [6, 6.07) is 9.25. The largest absolute Gasteiger partial charge is 0.342 e. The van der Waals surface area contributed by atoms with Gasteiger partial charge in [-0.1, -0.05) is 29.3 Å². The molecule has 0 atom stereocenters. The number of halogens is 2. The molecule has 2 aromatic rings. The number of nitrogens with one attached hydrogen (secondary N) is 2. The van der Waals surface area contributed by atoms with Crippen LogP contribution in [0, 0.1) is 5.92 Å². The predicted octanol–water partition coefficient (Wildman–Crippen LogP) is 4.09. The molecule has 2 aliphatic rings. The van der Waals surface area contributed by atoms with Crippen LogP contribution in [0.15, 0.2) is 42.7 Å². The van der Waals surface area contributed by atoms with Crippen molar-refractivity contribution in [2.45, 2.75) is 44.8 Å². The van der Waals surface area contributed by atoms with E-state index in [0.29, 0.717) is 29.7 Å². The quantitative estimate of drug-likeness (QED) is 0.622. The maximum absolute atomic E-state index is 13.0. The maximum Gasteiger partial charge on any atom is 0.315 e. The van der Waals surface area contributed by atoms with Crippen LogP contribution in [0.5, 0.6) is 0 Å². The van der Waals surface area contributed by atoms with Crippen LogP contribution in [0.3, 0.4) is 0 Å². The Morgan fingerprint density at radius 2 is 1.62 bits per heavy atom. The van der Waals surface area contributed by atoms with Gasteiger partial charge < -0.3 is 15.5 Å². The van der Waals surface area contributed by atoms with Crippen LogP contribution in [-0.4, -0.2) is 58.9 Å². The first-order chi connectivity index (χ1) is 16.5. The van der Waals surface area contributed by atoms with E-state index < -0.39 is 0 Å². The third kappa shape index (κ3) is 6.84. The Kier molecular flexibility index (Phi) is 8.64. The van der Waals surface area contributed by atoms with Crippen LogP contribution >= 0.6 is 23.2 Å². The van der Waals surface area contributed by atoms with E-state index >= 15 is 0 Å². The van der Waals surface area contributed by atoms with Crippen LogP contribution in [0.4, 0.5) is 4.79 Å². The number of rotatable bonds is 6. The molecule has 3 amide bonds. The number of aromatic nitrogens is 1. The highest BCUT2D eigenvalue weighted by atomic mass is 35.5. The topological polar surface area (TPSA) is 77.6 Å². The van der Waals surface area contributed by atoms with Gasteiger partial charge >= 0.3 is 6.03 Å². The van der Waals surface area contributed by atoms with Crippen LogP contribution in [0.2, 0.25) is 10.0 Å². The lowest BCUT2D eigenvalue weighted by atomic mass is 9.93. The molecule has 2 N–H and O–H groups in total. The summed E-state index contributed by atoms with van der Waals surface area (Å²) in [6.45, 7) is 4.54. The first-order valence-corrected chi connectivity index (χ1v) is 12.6. The van der Waals surface area contributed by atoms with Gasteiger partial charge in [0.25, 0.3) is 0 Å². The number of benzene rings is 1. The molecule has 4 rings (SSSR count). The van der Waals surface area contributed by atoms with Gasteiger partial charge in [-0.05, 0) is 74.2 Å². The second-order valence-electron chi connectivity index (χ2n) is 9.08. The van der Waals surface area contributed by atoms with Crippen molar-refractivity contribution in [2.75, 3.05) is 26.2 Å². The highest BCUT2D eigenvalue weighted by Crippen LogP contribution is 2.24. The molecule has 7 nitrogen and oxygen atoms in total. The van der Waals surface area contributed by atoms with Crippen LogP contribution in [0.1, 0.15) is 36.8 Å². The second-order valence-corrected chi connectivity index (χ2v) is 9.90. The van der Waals surface area contributed by atoms with Gasteiger partial charge in [0.05, 0.1) is 10.0 Å². The predicted molar refractivity (Wildman–Crippen MR) is 134 cm³/mol. The van der Waals surface area contributed by atoms with Crippen molar-refractivity contribution < 1.29 is 9.59 Å². The standard InChI is InChI=1S/C25H31Cl2N5O2/c26-22-2-1-19(15-23(22)27)16-29-25(34)30-21-7-13-32(14-8-21)24(33)20-5-11-31(12-6-20)17-18-3-9-28-10-4-18/h1-4,9-10,15,20-21H,5-8,11-14,16-17H2,(H2,29,30,34). The molecular formula is C25H31Cl2N5O2. The third-order valence-corrected chi connectivity index (χ3v) is 7.41. The molecule has 0 aliphatic carbocycles. The van der Waals surface area contributed by atoms with Crippen LogP contribution in [0.25, 0.3) is 0 Å². The summed E-state index contributed by atoms with van der Waals surface area (Å²) in [6.07, 6.45) is 6.99. The van der Waals surface area contributed by atoms with Crippen molar-refractivity contribution in [2.24, 2.45) is 5.92 Å². The van der Waals surface area contributed by atoms with Gasteiger partial charge in [-0.2, -0.15) is 0 Å². The Bertz CT molecular complexity index is 975. The number of amides is 3. The molecule has 1 aromatic carbocycles. The zero-order chi connectivity index (χ0) is 23.9. The SMILES string of the molecule is O=C(NCc1ccc(Cl)c(Cl)c1)NC1CCN(C(=O)C2CCN(Cc3ccncc3)CC2)CC1. The molecule has 0 saturated carbocycles. The van der Waals surface area contributed by atoms with Gasteiger partial charge in [-0.25, -0.2) is 4.79 Å². The van der Waals surface area contributed by atoms with Crippen LogP contribution < -0.4 is 10.6 Å². The smallest absolute Gasteiger partial charge is 0.315 e. The van der Waals surface area contributed by atoms with Crippen LogP contribution in [-0.2, 0) is 17.9 Å². The number of hydrogen-bond donors (Lipinski definition) is 2. The van der Waals surface area contributed by atoms with E-state index in [1.54, 1.807) is 12.1 Å². The first-order valence-electron chi connectivity index (χ1n) is 11.9. The molecule has 2 aliphatic heterocycles. The number of carbonyl (C=O) groups is 2. The van der Waals surface area contributed by atoms with Crippen molar-refractivity contribution in [3.05, 3.63) is 63.9 Å². The summed E-state index contributed by atoms with van der Waals surface area (Å²) in [5, 5.41) is 6.85. The van der Waals surface area contributed by atoms with Gasteiger partial charge in [0, 0.05) is 50.5 Å². The van der Waals surface area contributed by atoms with E-state index in [4.69, 9.17) is 23.2 Å². The van der Waals surface area contributed by atoms with Gasteiger partial charge in [0.15, 0.2) is 0 Å². The molecule has 0 spiro atoms. The van der Waals surface area contributed by atoms with E-state index in [9.17, 15) is 9.59 Å². The zero-order valence-corrected chi connectivity index (χ0v) is 20.7. The number of nitrogens with zero attached hydrogens (tertiary/aromatic N) is 3. The lowest BCUT2D eigenvalue weighted by molar-refractivity contribution is -0.138. The van der Waals surface area contributed by atoms with Gasteiger partial charge in [0.1, 0.15) is 0 Å². The van der Waals surface area contributed by atoms with Crippen molar-refractivity contribution in [1.82, 2.24) is 25.4 Å². The summed E-state index contributed by atoms with van der Waals surface area (Å²) < 4.78 is 0. The lowest BCUT2D eigenvalue weighted by Crippen LogP contribution is -2.50. The fourth-order valence-electron chi connectivity index (χ4n) is 4.66. The summed E-state index contributed by atoms with van der Waals surface area (Å²) >= 11 is 12.0. The fraction of sp³-hybridized carbons (Fsp3) is 0.480. The monoisotopic (exact) mass is 503 g/mol. The van der Waals surface area contributed by atoms with Gasteiger partial charge in [0.2, 0.25) is 5.91 Å². The van der Waals surface area contributed by atoms with Crippen molar-refractivity contribution in [3.63, 3.8) is 0 Å². The van der Waals surface area contributed by atoms with Gasteiger partial charge in [-0.15, -0.1) is 0 Å². The van der Waals surface area contributed by atoms with E-state index in [-0.39, 0.29) is 23.9 Å². The molecule has 34 heavy (non-hydrogen) atoms. The van der Waals surface area contributed by atoms with Crippen molar-refractivity contribution >= 4 is 35.1 Å². The molecule has 9 heteroatoms. The van der Waals surface area contributed by atoms with E-state index in [1.807, 2.05) is 35.5 Å². The Labute approximate surface area is 210 Å².